The van der Waals surface area contributed by atoms with Gasteiger partial charge in [-0.1, -0.05) is 19.1 Å². The van der Waals surface area contributed by atoms with E-state index in [4.69, 9.17) is 12.2 Å². The Bertz CT molecular complexity index is 960. The molecule has 0 saturated carbocycles. The first-order valence-corrected chi connectivity index (χ1v) is 11.8. The highest BCUT2D eigenvalue weighted by Crippen LogP contribution is 2.31. The van der Waals surface area contributed by atoms with Crippen LogP contribution < -0.4 is 20.4 Å². The zero-order valence-corrected chi connectivity index (χ0v) is 19.5. The van der Waals surface area contributed by atoms with Crippen molar-refractivity contribution in [3.63, 3.8) is 0 Å². The molecule has 0 radical (unpaired) electrons. The van der Waals surface area contributed by atoms with Crippen molar-refractivity contribution in [2.75, 3.05) is 41.3 Å². The largest absolute Gasteiger partial charge is 0.433 e. The minimum Gasteiger partial charge on any atom is -0.372 e. The molecule has 0 spiro atoms. The molecule has 4 rings (SSSR count). The molecule has 0 amide bonds. The van der Waals surface area contributed by atoms with Gasteiger partial charge in [0.2, 0.25) is 5.95 Å². The average Bonchev–Trinajstić information content (AvgIpc) is 3.32. The van der Waals surface area contributed by atoms with E-state index in [1.165, 1.54) is 18.5 Å². The summed E-state index contributed by atoms with van der Waals surface area (Å²) in [5.41, 5.74) is 1.25. The molecule has 2 aromatic rings. The van der Waals surface area contributed by atoms with Crippen LogP contribution in [0.4, 0.5) is 30.6 Å². The molecular weight excluding hydrogens is 449 g/mol. The second-order valence-electron chi connectivity index (χ2n) is 8.79. The Kier molecular flexibility index (Phi) is 7.21. The summed E-state index contributed by atoms with van der Waals surface area (Å²) in [6, 6.07) is 9.24. The van der Waals surface area contributed by atoms with Crippen LogP contribution in [0.2, 0.25) is 0 Å². The molecule has 6 nitrogen and oxygen atoms in total. The van der Waals surface area contributed by atoms with Crippen LogP contribution >= 0.6 is 12.2 Å². The lowest BCUT2D eigenvalue weighted by molar-refractivity contribution is -0.141. The number of anilines is 3. The summed E-state index contributed by atoms with van der Waals surface area (Å²) in [5, 5.41) is 5.94. The van der Waals surface area contributed by atoms with Crippen molar-refractivity contribution in [1.29, 1.82) is 0 Å². The summed E-state index contributed by atoms with van der Waals surface area (Å²) in [5.74, 6) is 0.519. The predicted octanol–water partition coefficient (Wildman–Crippen LogP) is 4.82. The molecule has 33 heavy (non-hydrogen) atoms. The van der Waals surface area contributed by atoms with Gasteiger partial charge in [0.05, 0.1) is 0 Å². The maximum atomic E-state index is 13.5. The highest BCUT2D eigenvalue weighted by atomic mass is 32.1. The highest BCUT2D eigenvalue weighted by molar-refractivity contribution is 7.80. The number of nitrogens with one attached hydrogen (secondary N) is 2. The normalized spacial score (nSPS) is 19.0. The summed E-state index contributed by atoms with van der Waals surface area (Å²) in [6.07, 6.45) is -0.141. The van der Waals surface area contributed by atoms with E-state index < -0.39 is 11.9 Å². The number of thiocarbonyl (C=S) groups is 1. The van der Waals surface area contributed by atoms with E-state index in [9.17, 15) is 13.2 Å². The van der Waals surface area contributed by atoms with Gasteiger partial charge in [0, 0.05) is 44.5 Å². The molecule has 1 aromatic carbocycles. The van der Waals surface area contributed by atoms with Crippen LogP contribution in [-0.4, -0.2) is 41.3 Å². The maximum absolute atomic E-state index is 13.5. The third-order valence-corrected chi connectivity index (χ3v) is 6.32. The van der Waals surface area contributed by atoms with Crippen LogP contribution in [-0.2, 0) is 12.7 Å². The molecule has 1 aromatic heterocycles. The van der Waals surface area contributed by atoms with Gasteiger partial charge < -0.3 is 20.4 Å². The number of hydrogen-bond donors (Lipinski definition) is 2. The lowest BCUT2D eigenvalue weighted by atomic mass is 10.0. The van der Waals surface area contributed by atoms with Crippen molar-refractivity contribution in [3.05, 3.63) is 41.6 Å². The molecule has 0 bridgehead atoms. The molecule has 1 atom stereocenters. The van der Waals surface area contributed by atoms with Crippen LogP contribution in [0, 0.1) is 5.92 Å². The first kappa shape index (κ1) is 23.5. The number of benzene rings is 1. The van der Waals surface area contributed by atoms with Gasteiger partial charge in [0.15, 0.2) is 10.8 Å². The summed E-state index contributed by atoms with van der Waals surface area (Å²) < 4.78 is 40.4. The van der Waals surface area contributed by atoms with Crippen molar-refractivity contribution in [1.82, 2.24) is 15.3 Å². The summed E-state index contributed by atoms with van der Waals surface area (Å²) in [7, 11) is 0. The Morgan fingerprint density at radius 3 is 2.42 bits per heavy atom. The standard InChI is InChI=1S/C23H29F3N6S/c1-16-5-4-12-32(15-16)20-13-19(23(24,25)26)28-21(29-20)30-22(33)27-14-17-6-8-18(9-7-17)31-10-2-3-11-31/h6-9,13,16H,2-5,10-12,14-15H2,1H3,(H2,27,28,29,30,33)/t16-/m1/s1. The Hall–Kier alpha value is -2.62. The lowest BCUT2D eigenvalue weighted by Crippen LogP contribution is -2.35. The monoisotopic (exact) mass is 478 g/mol. The molecular formula is C23H29F3N6S. The lowest BCUT2D eigenvalue weighted by Gasteiger charge is -2.32. The number of nitrogens with zero attached hydrogens (tertiary/aromatic N) is 4. The van der Waals surface area contributed by atoms with Crippen LogP contribution in [0.3, 0.4) is 0 Å². The molecule has 2 N–H and O–H groups in total. The maximum Gasteiger partial charge on any atom is 0.433 e. The summed E-state index contributed by atoms with van der Waals surface area (Å²) in [4.78, 5) is 12.2. The Balaban J connectivity index is 1.40. The fourth-order valence-corrected chi connectivity index (χ4v) is 4.49. The second-order valence-corrected chi connectivity index (χ2v) is 9.20. The molecule has 2 fully saturated rings. The van der Waals surface area contributed by atoms with E-state index in [1.807, 2.05) is 17.0 Å². The number of rotatable bonds is 5. The summed E-state index contributed by atoms with van der Waals surface area (Å²) >= 11 is 5.30. The molecule has 2 aliphatic heterocycles. The molecule has 0 aliphatic carbocycles. The number of piperidine rings is 1. The van der Waals surface area contributed by atoms with Crippen LogP contribution in [0.25, 0.3) is 0 Å². The zero-order valence-electron chi connectivity index (χ0n) is 18.7. The van der Waals surface area contributed by atoms with Gasteiger partial charge in [-0.25, -0.2) is 4.98 Å². The highest BCUT2D eigenvalue weighted by Gasteiger charge is 2.34. The fourth-order valence-electron chi connectivity index (χ4n) is 4.32. The van der Waals surface area contributed by atoms with E-state index in [2.05, 4.69) is 44.6 Å². The quantitative estimate of drug-likeness (QED) is 0.598. The predicted molar refractivity (Wildman–Crippen MR) is 129 cm³/mol. The molecule has 10 heteroatoms. The van der Waals surface area contributed by atoms with E-state index in [-0.39, 0.29) is 16.9 Å². The van der Waals surface area contributed by atoms with Gasteiger partial charge in [-0.2, -0.15) is 18.2 Å². The fraction of sp³-hybridized carbons (Fsp3) is 0.522. The van der Waals surface area contributed by atoms with Gasteiger partial charge in [-0.15, -0.1) is 0 Å². The van der Waals surface area contributed by atoms with Crippen LogP contribution in [0.15, 0.2) is 30.3 Å². The van der Waals surface area contributed by atoms with Crippen molar-refractivity contribution in [3.8, 4) is 0 Å². The van der Waals surface area contributed by atoms with Gasteiger partial charge in [-0.3, -0.25) is 0 Å². The number of alkyl halides is 3. The van der Waals surface area contributed by atoms with Gasteiger partial charge in [0.1, 0.15) is 5.82 Å². The van der Waals surface area contributed by atoms with Gasteiger partial charge in [0.25, 0.3) is 0 Å². The van der Waals surface area contributed by atoms with E-state index in [0.717, 1.165) is 37.6 Å². The van der Waals surface area contributed by atoms with E-state index in [0.29, 0.717) is 25.6 Å². The molecule has 3 heterocycles. The first-order chi connectivity index (χ1) is 15.8. The Morgan fingerprint density at radius 1 is 1.06 bits per heavy atom. The number of aromatic nitrogens is 2. The smallest absolute Gasteiger partial charge is 0.372 e. The minimum absolute atomic E-state index is 0.153. The van der Waals surface area contributed by atoms with Gasteiger partial charge in [-0.05, 0) is 61.5 Å². The van der Waals surface area contributed by atoms with Crippen molar-refractivity contribution < 1.29 is 13.2 Å². The topological polar surface area (TPSA) is 56.3 Å². The third kappa shape index (κ3) is 6.25. The molecule has 2 saturated heterocycles. The van der Waals surface area contributed by atoms with Crippen LogP contribution in [0.1, 0.15) is 43.9 Å². The second kappa shape index (κ2) is 10.1. The SMILES string of the molecule is C[C@@H]1CCCN(c2cc(C(F)(F)F)nc(NC(=S)NCc3ccc(N4CCCC4)cc3)n2)C1. The zero-order chi connectivity index (χ0) is 23.4. The van der Waals surface area contributed by atoms with E-state index in [1.54, 1.807) is 0 Å². The first-order valence-electron chi connectivity index (χ1n) is 11.4. The van der Waals surface area contributed by atoms with Crippen molar-refractivity contribution >= 4 is 34.8 Å². The van der Waals surface area contributed by atoms with Crippen molar-refractivity contribution in [2.24, 2.45) is 5.92 Å². The Morgan fingerprint density at radius 2 is 1.76 bits per heavy atom. The molecule has 0 unspecified atom stereocenters. The Labute approximate surface area is 197 Å². The average molecular weight is 479 g/mol. The van der Waals surface area contributed by atoms with Gasteiger partial charge >= 0.3 is 6.18 Å². The molecule has 178 valence electrons. The third-order valence-electron chi connectivity index (χ3n) is 6.07. The summed E-state index contributed by atoms with van der Waals surface area (Å²) in [6.45, 7) is 6.05. The van der Waals surface area contributed by atoms with Crippen molar-refractivity contribution in [2.45, 2.75) is 45.3 Å². The number of hydrogen-bond acceptors (Lipinski definition) is 5. The van der Waals surface area contributed by atoms with E-state index >= 15 is 0 Å². The molecule has 2 aliphatic rings. The number of halogens is 3. The van der Waals surface area contributed by atoms with Crippen LogP contribution in [0.5, 0.6) is 0 Å². The minimum atomic E-state index is -4.57.